The normalized spacial score (nSPS) is 12.2. The molecule has 1 aromatic carbocycles. The van der Waals surface area contributed by atoms with Gasteiger partial charge in [0.2, 0.25) is 0 Å². The first-order chi connectivity index (χ1) is 10.7. The lowest BCUT2D eigenvalue weighted by Crippen LogP contribution is -2.45. The van der Waals surface area contributed by atoms with Gasteiger partial charge in [0.25, 0.3) is 0 Å². The van der Waals surface area contributed by atoms with Crippen LogP contribution in [0.15, 0.2) is 24.8 Å². The highest BCUT2D eigenvalue weighted by Gasteiger charge is 2.25. The number of phenols is 1. The van der Waals surface area contributed by atoms with Crippen molar-refractivity contribution in [1.82, 2.24) is 5.32 Å². The number of phenolic OH excluding ortho intramolecular Hbond substituents is 1. The topological polar surface area (TPSA) is 84.9 Å². The molecule has 2 N–H and O–H groups in total. The second kappa shape index (κ2) is 7.67. The number of carbonyl (C=O) groups is 2. The summed E-state index contributed by atoms with van der Waals surface area (Å²) >= 11 is 0. The highest BCUT2D eigenvalue weighted by atomic mass is 16.6. The number of carbonyl (C=O) groups excluding carboxylic acids is 2. The fourth-order valence-corrected chi connectivity index (χ4v) is 1.92. The number of hydrogen-bond acceptors (Lipinski definition) is 5. The smallest absolute Gasteiger partial charge is 0.408 e. The molecule has 0 radical (unpaired) electrons. The zero-order valence-electron chi connectivity index (χ0n) is 13.9. The summed E-state index contributed by atoms with van der Waals surface area (Å²) < 4.78 is 9.87. The second-order valence-corrected chi connectivity index (χ2v) is 6.02. The number of rotatable bonds is 5. The summed E-state index contributed by atoms with van der Waals surface area (Å²) in [5.41, 5.74) is 0.617. The zero-order chi connectivity index (χ0) is 17.6. The maximum absolute atomic E-state index is 11.9. The van der Waals surface area contributed by atoms with Crippen LogP contribution in [0.2, 0.25) is 0 Å². The van der Waals surface area contributed by atoms with Crippen LogP contribution in [-0.4, -0.2) is 35.9 Å². The van der Waals surface area contributed by atoms with Crippen LogP contribution >= 0.6 is 0 Å². The molecule has 23 heavy (non-hydrogen) atoms. The molecular formula is C17H23NO5. The van der Waals surface area contributed by atoms with Gasteiger partial charge in [0, 0.05) is 12.0 Å². The molecule has 0 aromatic heterocycles. The minimum atomic E-state index is -0.892. The van der Waals surface area contributed by atoms with Crippen molar-refractivity contribution in [2.24, 2.45) is 0 Å². The van der Waals surface area contributed by atoms with Crippen LogP contribution in [0.25, 0.3) is 6.08 Å². The molecule has 0 fully saturated rings. The van der Waals surface area contributed by atoms with Gasteiger partial charge in [0.05, 0.1) is 7.11 Å². The molecule has 126 valence electrons. The van der Waals surface area contributed by atoms with Crippen molar-refractivity contribution >= 4 is 18.1 Å². The first kappa shape index (κ1) is 18.5. The summed E-state index contributed by atoms with van der Waals surface area (Å²) in [7, 11) is 1.25. The van der Waals surface area contributed by atoms with Crippen molar-refractivity contribution in [2.75, 3.05) is 7.11 Å². The molecular weight excluding hydrogens is 298 g/mol. The van der Waals surface area contributed by atoms with Gasteiger partial charge >= 0.3 is 12.1 Å². The molecule has 6 nitrogen and oxygen atoms in total. The summed E-state index contributed by atoms with van der Waals surface area (Å²) in [4.78, 5) is 23.7. The predicted molar refractivity (Wildman–Crippen MR) is 87.1 cm³/mol. The van der Waals surface area contributed by atoms with E-state index in [4.69, 9.17) is 9.47 Å². The summed E-state index contributed by atoms with van der Waals surface area (Å²) in [5.74, 6) is -0.484. The van der Waals surface area contributed by atoms with Crippen molar-refractivity contribution in [3.05, 3.63) is 35.9 Å². The number of aromatic hydroxyl groups is 1. The predicted octanol–water partition coefficient (Wildman–Crippen LogP) is 2.64. The highest BCUT2D eigenvalue weighted by Crippen LogP contribution is 2.20. The van der Waals surface area contributed by atoms with E-state index in [-0.39, 0.29) is 12.2 Å². The fraction of sp³-hybridized carbons (Fsp3) is 0.412. The number of benzene rings is 1. The molecule has 1 rings (SSSR count). The number of hydrogen-bond donors (Lipinski definition) is 2. The van der Waals surface area contributed by atoms with Crippen molar-refractivity contribution < 1.29 is 24.2 Å². The van der Waals surface area contributed by atoms with Crippen molar-refractivity contribution in [2.45, 2.75) is 38.8 Å². The Kier molecular flexibility index (Phi) is 6.18. The van der Waals surface area contributed by atoms with Gasteiger partial charge in [-0.25, -0.2) is 9.59 Å². The fourth-order valence-electron chi connectivity index (χ4n) is 1.92. The molecule has 0 saturated heterocycles. The highest BCUT2D eigenvalue weighted by molar-refractivity contribution is 5.81. The molecule has 1 aromatic rings. The minimum Gasteiger partial charge on any atom is -0.507 e. The number of methoxy groups -OCH3 is 1. The average Bonchev–Trinajstić information content (AvgIpc) is 2.45. The van der Waals surface area contributed by atoms with Crippen LogP contribution in [0.3, 0.4) is 0 Å². The van der Waals surface area contributed by atoms with E-state index in [1.807, 2.05) is 0 Å². The Balaban J connectivity index is 2.89. The second-order valence-electron chi connectivity index (χ2n) is 6.02. The van der Waals surface area contributed by atoms with Crippen LogP contribution in [0.5, 0.6) is 5.75 Å². The Labute approximate surface area is 136 Å². The monoisotopic (exact) mass is 321 g/mol. The molecule has 0 spiro atoms. The van der Waals surface area contributed by atoms with E-state index in [9.17, 15) is 14.7 Å². The number of esters is 1. The van der Waals surface area contributed by atoms with Crippen LogP contribution < -0.4 is 5.32 Å². The van der Waals surface area contributed by atoms with Crippen molar-refractivity contribution in [1.29, 1.82) is 0 Å². The van der Waals surface area contributed by atoms with E-state index in [0.29, 0.717) is 5.56 Å². The quantitative estimate of drug-likeness (QED) is 0.814. The van der Waals surface area contributed by atoms with Gasteiger partial charge in [-0.1, -0.05) is 18.7 Å². The Bertz CT molecular complexity index is 589. The van der Waals surface area contributed by atoms with Crippen LogP contribution in [0, 0.1) is 0 Å². The van der Waals surface area contributed by atoms with E-state index >= 15 is 0 Å². The molecule has 0 aliphatic carbocycles. The number of ether oxygens (including phenoxy) is 2. The van der Waals surface area contributed by atoms with Gasteiger partial charge in [0.15, 0.2) is 0 Å². The van der Waals surface area contributed by atoms with Crippen LogP contribution in [0.1, 0.15) is 31.9 Å². The third-order valence-electron chi connectivity index (χ3n) is 2.93. The maximum atomic E-state index is 11.9. The third-order valence-corrected chi connectivity index (χ3v) is 2.93. The number of alkyl carbamates (subject to hydrolysis) is 1. The Morgan fingerprint density at radius 3 is 2.57 bits per heavy atom. The first-order valence-corrected chi connectivity index (χ1v) is 7.18. The lowest BCUT2D eigenvalue weighted by atomic mass is 10.0. The third kappa shape index (κ3) is 6.02. The minimum absolute atomic E-state index is 0.0958. The summed E-state index contributed by atoms with van der Waals surface area (Å²) in [5, 5.41) is 12.1. The molecule has 0 aliphatic rings. The summed E-state index contributed by atoms with van der Waals surface area (Å²) in [6.45, 7) is 8.81. The van der Waals surface area contributed by atoms with Crippen molar-refractivity contribution in [3.63, 3.8) is 0 Å². The van der Waals surface area contributed by atoms with E-state index in [1.54, 1.807) is 32.9 Å². The van der Waals surface area contributed by atoms with Gasteiger partial charge in [-0.15, -0.1) is 0 Å². The SMILES string of the molecule is C=Cc1cc(C[C@H](NC(=O)OC(C)(C)C)C(=O)OC)ccc1O. The van der Waals surface area contributed by atoms with Crippen LogP contribution in [-0.2, 0) is 20.7 Å². The van der Waals surface area contributed by atoms with E-state index in [0.717, 1.165) is 5.56 Å². The van der Waals surface area contributed by atoms with Crippen LogP contribution in [0.4, 0.5) is 4.79 Å². The molecule has 0 heterocycles. The molecule has 0 bridgehead atoms. The molecule has 0 aliphatic heterocycles. The van der Waals surface area contributed by atoms with E-state index < -0.39 is 23.7 Å². The van der Waals surface area contributed by atoms with Gasteiger partial charge < -0.3 is 19.9 Å². The van der Waals surface area contributed by atoms with Gasteiger partial charge in [-0.3, -0.25) is 0 Å². The molecule has 6 heteroatoms. The Morgan fingerprint density at radius 2 is 2.04 bits per heavy atom. The average molecular weight is 321 g/mol. The van der Waals surface area contributed by atoms with Crippen molar-refractivity contribution in [3.8, 4) is 5.75 Å². The Hall–Kier alpha value is -2.50. The first-order valence-electron chi connectivity index (χ1n) is 7.18. The Morgan fingerprint density at radius 1 is 1.39 bits per heavy atom. The standard InChI is InChI=1S/C17H23NO5/c1-6-12-9-11(7-8-14(12)19)10-13(15(20)22-5)18-16(21)23-17(2,3)4/h6-9,13,19H,1,10H2,2-5H3,(H,18,21)/t13-/m0/s1. The van der Waals surface area contributed by atoms with Gasteiger partial charge in [-0.05, 0) is 38.5 Å². The van der Waals surface area contributed by atoms with E-state index in [2.05, 4.69) is 11.9 Å². The summed E-state index contributed by atoms with van der Waals surface area (Å²) in [6, 6.07) is 3.97. The summed E-state index contributed by atoms with van der Waals surface area (Å²) in [6.07, 6.45) is 1.01. The molecule has 0 unspecified atom stereocenters. The van der Waals surface area contributed by atoms with E-state index in [1.165, 1.54) is 19.3 Å². The molecule has 0 saturated carbocycles. The number of amides is 1. The van der Waals surface area contributed by atoms with Gasteiger partial charge in [0.1, 0.15) is 17.4 Å². The molecule has 1 amide bonds. The largest absolute Gasteiger partial charge is 0.507 e. The lowest BCUT2D eigenvalue weighted by molar-refractivity contribution is -0.143. The van der Waals surface area contributed by atoms with Gasteiger partial charge in [-0.2, -0.15) is 0 Å². The lowest BCUT2D eigenvalue weighted by Gasteiger charge is -2.22. The maximum Gasteiger partial charge on any atom is 0.408 e. The molecule has 1 atom stereocenters. The number of nitrogens with one attached hydrogen (secondary N) is 1. The zero-order valence-corrected chi connectivity index (χ0v) is 13.9.